The van der Waals surface area contributed by atoms with E-state index >= 15 is 0 Å². The van der Waals surface area contributed by atoms with Crippen LogP contribution in [0.3, 0.4) is 0 Å². The fourth-order valence-corrected chi connectivity index (χ4v) is 2.35. The molecule has 2 aromatic rings. The Bertz CT molecular complexity index is 860. The van der Waals surface area contributed by atoms with Gasteiger partial charge in [-0.2, -0.15) is 10.2 Å². The number of nitro benzene ring substituents is 1. The molecule has 23 heavy (non-hydrogen) atoms. The van der Waals surface area contributed by atoms with E-state index < -0.39 is 11.0 Å². The minimum atomic E-state index is -1.06. The fourth-order valence-electron chi connectivity index (χ4n) is 2.35. The molecule has 1 atom stereocenters. The summed E-state index contributed by atoms with van der Waals surface area (Å²) in [7, 11) is 0. The Morgan fingerprint density at radius 1 is 1.09 bits per heavy atom. The second kappa shape index (κ2) is 5.76. The number of non-ortho nitro benzene ring substituents is 1. The molecule has 0 heterocycles. The van der Waals surface area contributed by atoms with Gasteiger partial charge in [-0.25, -0.2) is 0 Å². The lowest BCUT2D eigenvalue weighted by molar-refractivity contribution is -0.384. The van der Waals surface area contributed by atoms with Crippen molar-refractivity contribution in [1.82, 2.24) is 0 Å². The summed E-state index contributed by atoms with van der Waals surface area (Å²) in [6, 6.07) is 11.2. The smallest absolute Gasteiger partial charge is 0.271 e. The molecule has 0 aliphatic heterocycles. The van der Waals surface area contributed by atoms with Crippen LogP contribution in [-0.4, -0.2) is 27.7 Å². The third-order valence-electron chi connectivity index (χ3n) is 3.41. The molecule has 0 fully saturated rings. The highest BCUT2D eigenvalue weighted by Gasteiger charge is 2.37. The molecule has 0 saturated carbocycles. The van der Waals surface area contributed by atoms with Crippen molar-refractivity contribution in [3.63, 3.8) is 0 Å². The normalized spacial score (nSPS) is 18.5. The molecule has 8 nitrogen and oxygen atoms in total. The number of hydrogen-bond acceptors (Lipinski definition) is 7. The highest BCUT2D eigenvalue weighted by molar-refractivity contribution is 6.31. The summed E-state index contributed by atoms with van der Waals surface area (Å²) in [5.41, 5.74) is 1.13. The van der Waals surface area contributed by atoms with Gasteiger partial charge in [-0.15, -0.1) is 0 Å². The molecule has 3 rings (SSSR count). The van der Waals surface area contributed by atoms with Crippen LogP contribution in [0.2, 0.25) is 0 Å². The molecule has 1 aliphatic rings. The van der Waals surface area contributed by atoms with Crippen LogP contribution in [0.4, 0.5) is 11.4 Å². The first-order chi connectivity index (χ1) is 11.1. The number of fused-ring (bicyclic) bond motifs is 1. The minimum absolute atomic E-state index is 0.111. The molecule has 0 radical (unpaired) electrons. The zero-order chi connectivity index (χ0) is 16.4. The topological polar surface area (TPSA) is 118 Å². The van der Waals surface area contributed by atoms with E-state index in [2.05, 4.69) is 15.4 Å². The Morgan fingerprint density at radius 2 is 1.83 bits per heavy atom. The van der Waals surface area contributed by atoms with Crippen molar-refractivity contribution in [2.24, 2.45) is 15.4 Å². The Hall–Kier alpha value is -3.42. The van der Waals surface area contributed by atoms with Crippen LogP contribution in [0.25, 0.3) is 0 Å². The predicted octanol–water partition coefficient (Wildman–Crippen LogP) is 3.12. The molecule has 1 N–H and O–H groups in total. The van der Waals surface area contributed by atoms with E-state index in [1.807, 2.05) is 0 Å². The second-order valence-electron chi connectivity index (χ2n) is 4.79. The molecule has 1 aliphatic carbocycles. The zero-order valence-corrected chi connectivity index (χ0v) is 11.7. The average molecular weight is 310 g/mol. The average Bonchev–Trinajstić information content (AvgIpc) is 2.85. The Kier molecular flexibility index (Phi) is 3.63. The number of Topliss-reactive ketones (excluding diaryl/α,β-unsaturated/α-hetero) is 1. The third-order valence-corrected chi connectivity index (χ3v) is 3.41. The summed E-state index contributed by atoms with van der Waals surface area (Å²) < 4.78 is 0. The monoisotopic (exact) mass is 310 g/mol. The first-order valence-electron chi connectivity index (χ1n) is 6.62. The molecule has 8 heteroatoms. The van der Waals surface area contributed by atoms with Gasteiger partial charge >= 0.3 is 0 Å². The van der Waals surface area contributed by atoms with Gasteiger partial charge in [-0.3, -0.25) is 14.9 Å². The number of nitrogens with zero attached hydrogens (tertiary/aromatic N) is 4. The molecule has 0 spiro atoms. The number of ketones is 1. The zero-order valence-electron chi connectivity index (χ0n) is 11.7. The molecule has 1 unspecified atom stereocenters. The van der Waals surface area contributed by atoms with Crippen LogP contribution < -0.4 is 0 Å². The van der Waals surface area contributed by atoms with Gasteiger partial charge < -0.3 is 5.21 Å². The van der Waals surface area contributed by atoms with Crippen LogP contribution in [-0.2, 0) is 0 Å². The Morgan fingerprint density at radius 3 is 2.52 bits per heavy atom. The number of azo groups is 1. The van der Waals surface area contributed by atoms with Crippen molar-refractivity contribution in [1.29, 1.82) is 0 Å². The number of oxime groups is 1. The number of rotatable bonds is 3. The largest absolute Gasteiger partial charge is 0.411 e. The van der Waals surface area contributed by atoms with Gasteiger partial charge in [0.15, 0.2) is 11.8 Å². The number of hydrogen-bond donors (Lipinski definition) is 1. The maximum Gasteiger partial charge on any atom is 0.271 e. The second-order valence-corrected chi connectivity index (χ2v) is 4.79. The van der Waals surface area contributed by atoms with E-state index in [-0.39, 0.29) is 22.9 Å². The van der Waals surface area contributed by atoms with Gasteiger partial charge in [-0.05, 0) is 6.07 Å². The number of carbonyl (C=O) groups is 1. The summed E-state index contributed by atoms with van der Waals surface area (Å²) in [4.78, 5) is 22.5. The van der Waals surface area contributed by atoms with Gasteiger partial charge in [0.2, 0.25) is 0 Å². The van der Waals surface area contributed by atoms with E-state index in [4.69, 9.17) is 5.21 Å². The highest BCUT2D eigenvalue weighted by atomic mass is 16.6. The fraction of sp³-hybridized carbons (Fsp3) is 0.0667. The van der Waals surface area contributed by atoms with Crippen molar-refractivity contribution in [2.45, 2.75) is 6.04 Å². The first kappa shape index (κ1) is 14.5. The lowest BCUT2D eigenvalue weighted by Gasteiger charge is -2.01. The van der Waals surface area contributed by atoms with Gasteiger partial charge in [0.25, 0.3) is 5.69 Å². The summed E-state index contributed by atoms with van der Waals surface area (Å²) in [5, 5.41) is 30.8. The van der Waals surface area contributed by atoms with Crippen LogP contribution in [0.15, 0.2) is 63.9 Å². The molecular weight excluding hydrogens is 300 g/mol. The van der Waals surface area contributed by atoms with E-state index in [0.717, 1.165) is 0 Å². The molecule has 2 aromatic carbocycles. The summed E-state index contributed by atoms with van der Waals surface area (Å²) in [6.45, 7) is 0. The Labute approximate surface area is 129 Å². The standard InChI is InChI=1S/C15H10N4O4/c20-15-12-7-2-1-6-11(12)13(18-21)14(15)17-16-9-4-3-5-10(8-9)19(22)23/h1-8,14,21H. The highest BCUT2D eigenvalue weighted by Crippen LogP contribution is 2.27. The molecule has 0 saturated heterocycles. The maximum atomic E-state index is 12.3. The van der Waals surface area contributed by atoms with Crippen molar-refractivity contribution < 1.29 is 14.9 Å². The third kappa shape index (κ3) is 2.57. The van der Waals surface area contributed by atoms with E-state index in [9.17, 15) is 14.9 Å². The van der Waals surface area contributed by atoms with Crippen LogP contribution >= 0.6 is 0 Å². The molecular formula is C15H10N4O4. The maximum absolute atomic E-state index is 12.3. The Balaban J connectivity index is 1.93. The van der Waals surface area contributed by atoms with E-state index in [0.29, 0.717) is 11.1 Å². The van der Waals surface area contributed by atoms with Crippen molar-refractivity contribution in [3.05, 3.63) is 69.8 Å². The van der Waals surface area contributed by atoms with Crippen molar-refractivity contribution in [2.75, 3.05) is 0 Å². The van der Waals surface area contributed by atoms with Gasteiger partial charge in [-0.1, -0.05) is 35.5 Å². The van der Waals surface area contributed by atoms with Crippen LogP contribution in [0.5, 0.6) is 0 Å². The SMILES string of the molecule is O=C1c2ccccc2C(=NO)C1N=Nc1cccc([N+](=O)[O-])c1. The van der Waals surface area contributed by atoms with Gasteiger partial charge in [0.05, 0.1) is 10.6 Å². The molecule has 0 aromatic heterocycles. The molecule has 114 valence electrons. The van der Waals surface area contributed by atoms with Crippen LogP contribution in [0.1, 0.15) is 15.9 Å². The van der Waals surface area contributed by atoms with E-state index in [1.54, 1.807) is 24.3 Å². The summed E-state index contributed by atoms with van der Waals surface area (Å²) >= 11 is 0. The predicted molar refractivity (Wildman–Crippen MR) is 80.5 cm³/mol. The lowest BCUT2D eigenvalue weighted by atomic mass is 10.1. The quantitative estimate of drug-likeness (QED) is 0.405. The number of benzene rings is 2. The number of nitro groups is 1. The van der Waals surface area contributed by atoms with Gasteiger partial charge in [0, 0.05) is 23.3 Å². The first-order valence-corrected chi connectivity index (χ1v) is 6.62. The molecule has 0 amide bonds. The van der Waals surface area contributed by atoms with Crippen molar-refractivity contribution in [3.8, 4) is 0 Å². The summed E-state index contributed by atoms with van der Waals surface area (Å²) in [6.07, 6.45) is 0. The lowest BCUT2D eigenvalue weighted by Crippen LogP contribution is -2.19. The minimum Gasteiger partial charge on any atom is -0.411 e. The van der Waals surface area contributed by atoms with Crippen LogP contribution in [0, 0.1) is 10.1 Å². The van der Waals surface area contributed by atoms with Gasteiger partial charge in [0.1, 0.15) is 5.71 Å². The number of carbonyl (C=O) groups excluding carboxylic acids is 1. The molecule has 0 bridgehead atoms. The van der Waals surface area contributed by atoms with Crippen molar-refractivity contribution >= 4 is 22.9 Å². The summed E-state index contributed by atoms with van der Waals surface area (Å²) in [5.74, 6) is -0.331. The van der Waals surface area contributed by atoms with E-state index in [1.165, 1.54) is 24.3 Å².